The van der Waals surface area contributed by atoms with E-state index in [0.717, 1.165) is 5.69 Å². The molecule has 4 aromatic rings. The van der Waals surface area contributed by atoms with E-state index in [9.17, 15) is 9.90 Å². The normalized spacial score (nSPS) is 18.9. The highest BCUT2D eigenvalue weighted by atomic mass is 32.1. The van der Waals surface area contributed by atoms with Gasteiger partial charge in [-0.3, -0.25) is 14.5 Å². The number of nitrogens with zero attached hydrogens (tertiary/aromatic N) is 7. The first-order valence-electron chi connectivity index (χ1n) is 10.8. The molecule has 34 heavy (non-hydrogen) atoms. The molecule has 174 valence electrons. The number of likely N-dealkylation sites (N-methyl/N-ethyl adjacent to an activating group) is 1. The molecule has 0 spiro atoms. The summed E-state index contributed by atoms with van der Waals surface area (Å²) in [5.74, 6) is 0.183. The van der Waals surface area contributed by atoms with Crippen LogP contribution in [0, 0.1) is 0 Å². The van der Waals surface area contributed by atoms with E-state index >= 15 is 0 Å². The maximum absolute atomic E-state index is 12.5. The lowest BCUT2D eigenvalue weighted by Crippen LogP contribution is -2.36. The summed E-state index contributed by atoms with van der Waals surface area (Å²) in [7, 11) is 3.57. The van der Waals surface area contributed by atoms with E-state index in [-0.39, 0.29) is 11.9 Å². The zero-order valence-electron chi connectivity index (χ0n) is 19.0. The number of thiazole rings is 1. The third-order valence-electron chi connectivity index (χ3n) is 5.91. The SMILES string of the molecule is C[C@@H](Nc1nccc(-c2nc(-c3cc([C@@]4(O)CCN(C)C4=O)ccn3)cs2)n1)c1ccn(C)n1. The Morgan fingerprint density at radius 2 is 1.94 bits per heavy atom. The molecular weight excluding hydrogens is 452 g/mol. The first-order valence-corrected chi connectivity index (χ1v) is 11.7. The molecule has 1 aliphatic rings. The van der Waals surface area contributed by atoms with Crippen molar-refractivity contribution in [3.63, 3.8) is 0 Å². The minimum absolute atomic E-state index is 0.0570. The van der Waals surface area contributed by atoms with Crippen LogP contribution in [0.1, 0.15) is 30.6 Å². The molecule has 0 bridgehead atoms. The topological polar surface area (TPSA) is 122 Å². The van der Waals surface area contributed by atoms with Crippen molar-refractivity contribution >= 4 is 23.2 Å². The average molecular weight is 477 g/mol. The number of anilines is 1. The lowest BCUT2D eigenvalue weighted by Gasteiger charge is -2.21. The van der Waals surface area contributed by atoms with Gasteiger partial charge in [0.2, 0.25) is 5.95 Å². The van der Waals surface area contributed by atoms with Gasteiger partial charge in [-0.05, 0) is 36.8 Å². The highest BCUT2D eigenvalue weighted by Crippen LogP contribution is 2.35. The predicted molar refractivity (Wildman–Crippen MR) is 128 cm³/mol. The number of hydrogen-bond acceptors (Lipinski definition) is 9. The summed E-state index contributed by atoms with van der Waals surface area (Å²) in [5, 5.41) is 21.3. The Morgan fingerprint density at radius 3 is 2.68 bits per heavy atom. The van der Waals surface area contributed by atoms with Crippen molar-refractivity contribution in [2.24, 2.45) is 7.05 Å². The number of aliphatic hydroxyl groups is 1. The lowest BCUT2D eigenvalue weighted by atomic mass is 9.92. The maximum Gasteiger partial charge on any atom is 0.258 e. The Bertz CT molecular complexity index is 1350. The molecule has 1 aliphatic heterocycles. The number of rotatable bonds is 6. The molecule has 1 saturated heterocycles. The molecule has 0 saturated carbocycles. The van der Waals surface area contributed by atoms with E-state index in [1.165, 1.54) is 16.2 Å². The largest absolute Gasteiger partial charge is 0.375 e. The summed E-state index contributed by atoms with van der Waals surface area (Å²) in [4.78, 5) is 32.1. The van der Waals surface area contributed by atoms with Gasteiger partial charge in [0.15, 0.2) is 5.60 Å². The summed E-state index contributed by atoms with van der Waals surface area (Å²) in [6.45, 7) is 2.51. The quantitative estimate of drug-likeness (QED) is 0.436. The van der Waals surface area contributed by atoms with Gasteiger partial charge in [-0.15, -0.1) is 11.3 Å². The Kier molecular flexibility index (Phi) is 5.58. The molecule has 2 N–H and O–H groups in total. The monoisotopic (exact) mass is 476 g/mol. The van der Waals surface area contributed by atoms with E-state index in [0.29, 0.717) is 46.6 Å². The van der Waals surface area contributed by atoms with Crippen LogP contribution in [0.15, 0.2) is 48.2 Å². The summed E-state index contributed by atoms with van der Waals surface area (Å²) >= 11 is 1.44. The van der Waals surface area contributed by atoms with Crippen molar-refractivity contribution in [2.75, 3.05) is 18.9 Å². The van der Waals surface area contributed by atoms with Crippen LogP contribution in [0.3, 0.4) is 0 Å². The standard InChI is InChI=1S/C23H24N8O2S/c1-14(16-6-10-31(3)29-16)26-22-25-9-5-17(28-22)20-27-19(13-34-20)18-12-15(4-8-24-18)23(33)7-11-30(2)21(23)32/h4-6,8-10,12-14,33H,7,11H2,1-3H3,(H,25,26,28)/t14-,23+/m1/s1. The number of aromatic nitrogens is 6. The first kappa shape index (κ1) is 22.1. The van der Waals surface area contributed by atoms with E-state index < -0.39 is 5.60 Å². The minimum Gasteiger partial charge on any atom is -0.375 e. The molecule has 5 heterocycles. The number of hydrogen-bond donors (Lipinski definition) is 2. The third kappa shape index (κ3) is 4.03. The second-order valence-electron chi connectivity index (χ2n) is 8.35. The molecule has 0 unspecified atom stereocenters. The van der Waals surface area contributed by atoms with Crippen LogP contribution in [0.25, 0.3) is 22.1 Å². The van der Waals surface area contributed by atoms with Gasteiger partial charge >= 0.3 is 0 Å². The summed E-state index contributed by atoms with van der Waals surface area (Å²) < 4.78 is 1.75. The second kappa shape index (κ2) is 8.58. The van der Waals surface area contributed by atoms with Crippen molar-refractivity contribution in [2.45, 2.75) is 25.0 Å². The number of pyridine rings is 1. The van der Waals surface area contributed by atoms with Crippen molar-refractivity contribution in [3.05, 3.63) is 59.5 Å². The van der Waals surface area contributed by atoms with E-state index in [1.54, 1.807) is 42.3 Å². The minimum atomic E-state index is -1.52. The third-order valence-corrected chi connectivity index (χ3v) is 6.78. The Labute approximate surface area is 200 Å². The lowest BCUT2D eigenvalue weighted by molar-refractivity contribution is -0.143. The fraction of sp³-hybridized carbons (Fsp3) is 0.304. The molecule has 0 aromatic carbocycles. The van der Waals surface area contributed by atoms with Gasteiger partial charge in [-0.25, -0.2) is 15.0 Å². The maximum atomic E-state index is 12.5. The fourth-order valence-electron chi connectivity index (χ4n) is 3.94. The molecule has 5 rings (SSSR count). The number of carbonyl (C=O) groups is 1. The molecule has 2 atom stereocenters. The number of carbonyl (C=O) groups excluding carboxylic acids is 1. The molecule has 1 amide bonds. The van der Waals surface area contributed by atoms with Crippen molar-refractivity contribution in [1.29, 1.82) is 0 Å². The van der Waals surface area contributed by atoms with Crippen LogP contribution in [0.5, 0.6) is 0 Å². The first-order chi connectivity index (χ1) is 16.3. The van der Waals surface area contributed by atoms with Gasteiger partial charge in [-0.2, -0.15) is 5.10 Å². The van der Waals surface area contributed by atoms with Crippen LogP contribution in [-0.2, 0) is 17.4 Å². The molecular formula is C23H24N8O2S. The van der Waals surface area contributed by atoms with Crippen LogP contribution in [0.4, 0.5) is 5.95 Å². The summed E-state index contributed by atoms with van der Waals surface area (Å²) in [5.41, 5.74) is 1.82. The van der Waals surface area contributed by atoms with E-state index in [1.807, 2.05) is 31.6 Å². The van der Waals surface area contributed by atoms with Gasteiger partial charge in [0.05, 0.1) is 17.4 Å². The van der Waals surface area contributed by atoms with Crippen molar-refractivity contribution in [3.8, 4) is 22.1 Å². The molecule has 10 nitrogen and oxygen atoms in total. The number of likely N-dealkylation sites (tertiary alicyclic amines) is 1. The zero-order chi connectivity index (χ0) is 23.9. The summed E-state index contributed by atoms with van der Waals surface area (Å²) in [6, 6.07) is 7.11. The van der Waals surface area contributed by atoms with Crippen LogP contribution in [0.2, 0.25) is 0 Å². The van der Waals surface area contributed by atoms with E-state index in [2.05, 4.69) is 25.4 Å². The van der Waals surface area contributed by atoms with Crippen molar-refractivity contribution < 1.29 is 9.90 Å². The Balaban J connectivity index is 1.38. The Morgan fingerprint density at radius 1 is 1.12 bits per heavy atom. The molecule has 11 heteroatoms. The number of aryl methyl sites for hydroxylation is 1. The van der Waals surface area contributed by atoms with Gasteiger partial charge in [-0.1, -0.05) is 0 Å². The van der Waals surface area contributed by atoms with E-state index in [4.69, 9.17) is 4.98 Å². The van der Waals surface area contributed by atoms with Crippen LogP contribution < -0.4 is 5.32 Å². The van der Waals surface area contributed by atoms with Gasteiger partial charge in [0, 0.05) is 51.0 Å². The average Bonchev–Trinajstić information content (AvgIpc) is 3.57. The smallest absolute Gasteiger partial charge is 0.258 e. The summed E-state index contributed by atoms with van der Waals surface area (Å²) in [6.07, 6.45) is 5.53. The molecule has 0 radical (unpaired) electrons. The fourth-order valence-corrected chi connectivity index (χ4v) is 4.72. The van der Waals surface area contributed by atoms with Crippen molar-refractivity contribution in [1.82, 2.24) is 34.6 Å². The highest BCUT2D eigenvalue weighted by Gasteiger charge is 2.45. The second-order valence-corrected chi connectivity index (χ2v) is 9.21. The van der Waals surface area contributed by atoms with Gasteiger partial charge in [0.1, 0.15) is 16.4 Å². The zero-order valence-corrected chi connectivity index (χ0v) is 19.8. The molecule has 0 aliphatic carbocycles. The molecule has 1 fully saturated rings. The highest BCUT2D eigenvalue weighted by molar-refractivity contribution is 7.13. The molecule has 4 aromatic heterocycles. The number of amides is 1. The number of nitrogens with one attached hydrogen (secondary N) is 1. The Hall–Kier alpha value is -3.70. The van der Waals surface area contributed by atoms with Gasteiger partial charge < -0.3 is 15.3 Å². The van der Waals surface area contributed by atoms with Gasteiger partial charge in [0.25, 0.3) is 5.91 Å². The van der Waals surface area contributed by atoms with Crippen LogP contribution in [-0.4, -0.2) is 59.2 Å². The predicted octanol–water partition coefficient (Wildman–Crippen LogP) is 2.62. The van der Waals surface area contributed by atoms with Crippen LogP contribution >= 0.6 is 11.3 Å².